The Bertz CT molecular complexity index is 836. The third kappa shape index (κ3) is 5.68. The number of hydrogen-bond acceptors (Lipinski definition) is 3. The van der Waals surface area contributed by atoms with Gasteiger partial charge in [-0.05, 0) is 86.6 Å². The molecule has 3 rings (SSSR count). The van der Waals surface area contributed by atoms with Gasteiger partial charge in [-0.2, -0.15) is 0 Å². The molecule has 1 aromatic rings. The highest BCUT2D eigenvalue weighted by Crippen LogP contribution is 2.37. The molecule has 3 heteroatoms. The van der Waals surface area contributed by atoms with Crippen LogP contribution in [0.1, 0.15) is 93.9 Å². The predicted octanol–water partition coefficient (Wildman–Crippen LogP) is 5.89. The molecule has 0 spiro atoms. The number of unbranched alkanes of at least 4 members (excludes halogenated alkanes) is 2. The first-order chi connectivity index (χ1) is 15.0. The lowest BCUT2D eigenvalue weighted by molar-refractivity contribution is -0.105. The van der Waals surface area contributed by atoms with Crippen molar-refractivity contribution in [2.24, 2.45) is 11.7 Å². The molecule has 0 aromatic heterocycles. The molecule has 0 radical (unpaired) electrons. The molecule has 0 saturated carbocycles. The molecule has 3 unspecified atom stereocenters. The van der Waals surface area contributed by atoms with Crippen LogP contribution in [0.3, 0.4) is 0 Å². The van der Waals surface area contributed by atoms with E-state index in [1.165, 1.54) is 66.4 Å². The Hall–Kier alpha value is -1.87. The van der Waals surface area contributed by atoms with E-state index in [4.69, 9.17) is 5.73 Å². The zero-order valence-corrected chi connectivity index (χ0v) is 20.1. The molecule has 3 nitrogen and oxygen atoms in total. The fourth-order valence-corrected chi connectivity index (χ4v) is 5.66. The summed E-state index contributed by atoms with van der Waals surface area (Å²) in [6.07, 6.45) is 14.2. The third-order valence-electron chi connectivity index (χ3n) is 7.42. The van der Waals surface area contributed by atoms with Crippen LogP contribution in [0.15, 0.2) is 35.1 Å². The van der Waals surface area contributed by atoms with E-state index in [1.807, 2.05) is 0 Å². The van der Waals surface area contributed by atoms with Gasteiger partial charge < -0.3 is 11.1 Å². The zero-order chi connectivity index (χ0) is 22.4. The van der Waals surface area contributed by atoms with Gasteiger partial charge in [0.25, 0.3) is 0 Å². The largest absolute Gasteiger partial charge is 0.378 e. The van der Waals surface area contributed by atoms with Crippen molar-refractivity contribution in [1.29, 1.82) is 0 Å². The molecule has 3 N–H and O–H groups in total. The summed E-state index contributed by atoms with van der Waals surface area (Å²) in [4.78, 5) is 11.7. The van der Waals surface area contributed by atoms with Crippen LogP contribution >= 0.6 is 0 Å². The Labute approximate surface area is 189 Å². The molecule has 0 saturated heterocycles. The van der Waals surface area contributed by atoms with Crippen molar-refractivity contribution in [2.75, 3.05) is 6.54 Å². The molecular weight excluding hydrogens is 380 g/mol. The molecule has 1 aliphatic heterocycles. The van der Waals surface area contributed by atoms with Gasteiger partial charge in [0.1, 0.15) is 0 Å². The van der Waals surface area contributed by atoms with Crippen LogP contribution in [-0.4, -0.2) is 18.9 Å². The number of aryl methyl sites for hydroxylation is 3. The Kier molecular flexibility index (Phi) is 8.54. The second kappa shape index (κ2) is 11.1. The lowest BCUT2D eigenvalue weighted by Crippen LogP contribution is -2.35. The summed E-state index contributed by atoms with van der Waals surface area (Å²) in [5.74, 6) is 0.850. The number of hydrogen-bond donors (Lipinski definition) is 2. The zero-order valence-electron chi connectivity index (χ0n) is 20.1. The number of allylic oxidation sites excluding steroid dienone is 3. The molecule has 0 fully saturated rings. The molecule has 31 heavy (non-hydrogen) atoms. The first-order valence-corrected chi connectivity index (χ1v) is 12.4. The molecule has 1 aliphatic carbocycles. The Morgan fingerprint density at radius 3 is 2.65 bits per heavy atom. The minimum absolute atomic E-state index is 0.181. The number of carbonyl (C=O) groups is 1. The molecule has 2 aliphatic rings. The Balaban J connectivity index is 1.90. The monoisotopic (exact) mass is 422 g/mol. The summed E-state index contributed by atoms with van der Waals surface area (Å²) < 4.78 is 0. The van der Waals surface area contributed by atoms with Crippen molar-refractivity contribution in [2.45, 2.75) is 97.4 Å². The molecule has 170 valence electrons. The molecule has 0 amide bonds. The van der Waals surface area contributed by atoms with Crippen LogP contribution in [0.5, 0.6) is 0 Å². The van der Waals surface area contributed by atoms with Gasteiger partial charge in [-0.3, -0.25) is 4.79 Å². The molecule has 0 bridgehead atoms. The quantitative estimate of drug-likeness (QED) is 0.281. The Morgan fingerprint density at radius 2 is 1.97 bits per heavy atom. The molecule has 1 aromatic carbocycles. The third-order valence-corrected chi connectivity index (χ3v) is 7.42. The normalized spacial score (nSPS) is 23.6. The first kappa shape index (κ1) is 23.8. The summed E-state index contributed by atoms with van der Waals surface area (Å²) in [5, 5.41) is 3.34. The van der Waals surface area contributed by atoms with Gasteiger partial charge in [0, 0.05) is 24.4 Å². The van der Waals surface area contributed by atoms with Crippen LogP contribution in [0.2, 0.25) is 0 Å². The van der Waals surface area contributed by atoms with E-state index in [-0.39, 0.29) is 6.04 Å². The first-order valence-electron chi connectivity index (χ1n) is 12.4. The summed E-state index contributed by atoms with van der Waals surface area (Å²) in [6, 6.07) is 5.09. The number of nitrogens with two attached hydrogens (primary N) is 1. The van der Waals surface area contributed by atoms with E-state index in [0.29, 0.717) is 18.4 Å². The van der Waals surface area contributed by atoms with Crippen molar-refractivity contribution >= 4 is 6.29 Å². The number of carbonyl (C=O) groups excluding carboxylic acids is 1. The van der Waals surface area contributed by atoms with Gasteiger partial charge in [0.2, 0.25) is 0 Å². The summed E-state index contributed by atoms with van der Waals surface area (Å²) in [5.41, 5.74) is 15.4. The van der Waals surface area contributed by atoms with E-state index in [9.17, 15) is 4.79 Å². The van der Waals surface area contributed by atoms with Crippen LogP contribution in [0.4, 0.5) is 0 Å². The van der Waals surface area contributed by atoms with Crippen molar-refractivity contribution < 1.29 is 4.79 Å². The number of nitrogens with one attached hydrogen (secondary N) is 1. The average Bonchev–Trinajstić information content (AvgIpc) is 3.06. The van der Waals surface area contributed by atoms with Crippen LogP contribution < -0.4 is 11.1 Å². The van der Waals surface area contributed by atoms with Crippen molar-refractivity contribution in [3.05, 3.63) is 57.3 Å². The predicted molar refractivity (Wildman–Crippen MR) is 131 cm³/mol. The highest BCUT2D eigenvalue weighted by molar-refractivity contribution is 5.75. The van der Waals surface area contributed by atoms with Gasteiger partial charge in [-0.15, -0.1) is 0 Å². The van der Waals surface area contributed by atoms with E-state index in [1.54, 1.807) is 5.56 Å². The minimum Gasteiger partial charge on any atom is -0.378 e. The maximum absolute atomic E-state index is 11.7. The minimum atomic E-state index is 0.181. The SMILES string of the molecule is CCCCCc1cc(C)c(C2C=C(C)CCC2)c(CCC2=C(C=O)NC(CN)C2C)c1. The van der Waals surface area contributed by atoms with Crippen LogP contribution in [0, 0.1) is 12.8 Å². The number of benzene rings is 1. The maximum Gasteiger partial charge on any atom is 0.165 e. The lowest BCUT2D eigenvalue weighted by Gasteiger charge is -2.26. The standard InChI is InChI=1S/C28H42N2O/c1-5-6-7-10-22-15-20(3)28(23-11-8-9-19(2)14-23)24(16-22)12-13-25-21(4)26(17-29)30-27(25)18-31/h14-16,18,21,23,26,30H,5-13,17,29H2,1-4H3. The molecule has 1 heterocycles. The van der Waals surface area contributed by atoms with E-state index < -0.39 is 0 Å². The fraction of sp³-hybridized carbons (Fsp3) is 0.607. The van der Waals surface area contributed by atoms with Crippen molar-refractivity contribution in [3.8, 4) is 0 Å². The summed E-state index contributed by atoms with van der Waals surface area (Å²) >= 11 is 0. The van der Waals surface area contributed by atoms with Crippen molar-refractivity contribution in [1.82, 2.24) is 5.32 Å². The van der Waals surface area contributed by atoms with Gasteiger partial charge in [0.15, 0.2) is 6.29 Å². The lowest BCUT2D eigenvalue weighted by atomic mass is 9.79. The van der Waals surface area contributed by atoms with Gasteiger partial charge in [-0.1, -0.05) is 50.5 Å². The Morgan fingerprint density at radius 1 is 1.16 bits per heavy atom. The second-order valence-corrected chi connectivity index (χ2v) is 9.79. The number of rotatable bonds is 10. The molecular formula is C28H42N2O. The summed E-state index contributed by atoms with van der Waals surface area (Å²) in [6.45, 7) is 9.62. The second-order valence-electron chi connectivity index (χ2n) is 9.79. The highest BCUT2D eigenvalue weighted by atomic mass is 16.1. The fourth-order valence-electron chi connectivity index (χ4n) is 5.66. The highest BCUT2D eigenvalue weighted by Gasteiger charge is 2.30. The van der Waals surface area contributed by atoms with Crippen LogP contribution in [0.25, 0.3) is 0 Å². The van der Waals surface area contributed by atoms with Crippen molar-refractivity contribution in [3.63, 3.8) is 0 Å². The van der Waals surface area contributed by atoms with Gasteiger partial charge in [0.05, 0.1) is 5.70 Å². The molecule has 3 atom stereocenters. The average molecular weight is 423 g/mol. The van der Waals surface area contributed by atoms with Gasteiger partial charge in [-0.25, -0.2) is 0 Å². The topological polar surface area (TPSA) is 55.1 Å². The summed E-state index contributed by atoms with van der Waals surface area (Å²) in [7, 11) is 0. The van der Waals surface area contributed by atoms with E-state index in [0.717, 1.165) is 31.2 Å². The van der Waals surface area contributed by atoms with Gasteiger partial charge >= 0.3 is 0 Å². The van der Waals surface area contributed by atoms with E-state index in [2.05, 4.69) is 51.2 Å². The maximum atomic E-state index is 11.7. The smallest absolute Gasteiger partial charge is 0.165 e. The van der Waals surface area contributed by atoms with Crippen LogP contribution in [-0.2, 0) is 17.6 Å². The van der Waals surface area contributed by atoms with E-state index >= 15 is 0 Å². The number of aldehydes is 1.